The van der Waals surface area contributed by atoms with Crippen LogP contribution in [0.3, 0.4) is 0 Å². The summed E-state index contributed by atoms with van der Waals surface area (Å²) in [6, 6.07) is 26.8. The highest BCUT2D eigenvalue weighted by atomic mass is 17.2. The Hall–Kier alpha value is -4.37. The Labute approximate surface area is 275 Å². The van der Waals surface area contributed by atoms with Gasteiger partial charge < -0.3 is 28.6 Å². The fourth-order valence-electron chi connectivity index (χ4n) is 6.15. The molecule has 8 nitrogen and oxygen atoms in total. The van der Waals surface area contributed by atoms with Crippen LogP contribution in [0.15, 0.2) is 84.9 Å². The summed E-state index contributed by atoms with van der Waals surface area (Å²) in [5, 5.41) is 0. The molecule has 2 fully saturated rings. The molecule has 244 valence electrons. The Morgan fingerprint density at radius 3 is 1.74 bits per heavy atom. The first-order valence-electron chi connectivity index (χ1n) is 16.2. The Balaban J connectivity index is 0.941. The fourth-order valence-corrected chi connectivity index (χ4v) is 6.15. The smallest absolute Gasteiger partial charge is 0.343 e. The summed E-state index contributed by atoms with van der Waals surface area (Å²) >= 11 is 0. The minimum Gasteiger partial charge on any atom is -0.493 e. The summed E-state index contributed by atoms with van der Waals surface area (Å²) in [7, 11) is 0. The molecule has 4 aromatic carbocycles. The summed E-state index contributed by atoms with van der Waals surface area (Å²) in [6.07, 6.45) is 0.884. The van der Waals surface area contributed by atoms with Crippen LogP contribution in [-0.4, -0.2) is 45.6 Å². The van der Waals surface area contributed by atoms with Crippen molar-refractivity contribution in [1.82, 2.24) is 0 Å². The molecule has 0 radical (unpaired) electrons. The third kappa shape index (κ3) is 6.86. The van der Waals surface area contributed by atoms with Gasteiger partial charge in [0.05, 0.1) is 45.2 Å². The van der Waals surface area contributed by atoms with Crippen molar-refractivity contribution in [3.8, 4) is 34.1 Å². The predicted molar refractivity (Wildman–Crippen MR) is 176 cm³/mol. The van der Waals surface area contributed by atoms with Gasteiger partial charge in [-0.25, -0.2) is 4.79 Å². The average molecular weight is 637 g/mol. The molecule has 0 saturated carbocycles. The molecule has 2 saturated heterocycles. The minimum absolute atomic E-state index is 0.0532. The van der Waals surface area contributed by atoms with E-state index in [4.69, 9.17) is 33.5 Å². The first kappa shape index (κ1) is 31.2. The van der Waals surface area contributed by atoms with Gasteiger partial charge in [-0.3, -0.25) is 0 Å². The van der Waals surface area contributed by atoms with Crippen LogP contribution in [-0.2, 0) is 21.0 Å². The van der Waals surface area contributed by atoms with Crippen LogP contribution in [0.1, 0.15) is 60.2 Å². The van der Waals surface area contributed by atoms with Gasteiger partial charge in [-0.05, 0) is 94.9 Å². The molecule has 4 aromatic rings. The lowest BCUT2D eigenvalue weighted by Crippen LogP contribution is -2.44. The second-order valence-corrected chi connectivity index (χ2v) is 13.5. The molecule has 3 aliphatic rings. The SMILES string of the molecule is CCC1c2cc(OOCc3ccc(OCC4(C)COC4)cc3)ccc2-c2ccc(OC(=O)c3ccc(OCC4(C)COC4)cc3)cc21. The summed E-state index contributed by atoms with van der Waals surface area (Å²) < 4.78 is 28.2. The van der Waals surface area contributed by atoms with Gasteiger partial charge in [-0.2, -0.15) is 4.89 Å². The molecule has 1 atom stereocenters. The lowest BCUT2D eigenvalue weighted by molar-refractivity contribution is -0.217. The summed E-state index contributed by atoms with van der Waals surface area (Å²) in [5.41, 5.74) is 6.17. The van der Waals surface area contributed by atoms with Crippen molar-refractivity contribution in [3.05, 3.63) is 107 Å². The Morgan fingerprint density at radius 1 is 0.702 bits per heavy atom. The fraction of sp³-hybridized carbons (Fsp3) is 0.359. The Kier molecular flexibility index (Phi) is 8.66. The minimum atomic E-state index is -0.410. The van der Waals surface area contributed by atoms with Crippen LogP contribution in [0.25, 0.3) is 11.1 Å². The maximum atomic E-state index is 13.0. The number of carbonyl (C=O) groups excluding carboxylic acids is 1. The lowest BCUT2D eigenvalue weighted by Gasteiger charge is -2.37. The number of esters is 1. The van der Waals surface area contributed by atoms with E-state index in [0.29, 0.717) is 55.8 Å². The number of ether oxygens (including phenoxy) is 5. The number of hydrogen-bond donors (Lipinski definition) is 0. The summed E-state index contributed by atoms with van der Waals surface area (Å²) in [6.45, 7) is 10.9. The molecule has 0 aromatic heterocycles. The zero-order valence-electron chi connectivity index (χ0n) is 27.1. The van der Waals surface area contributed by atoms with Crippen molar-refractivity contribution in [2.75, 3.05) is 39.6 Å². The first-order chi connectivity index (χ1) is 22.8. The average Bonchev–Trinajstić information content (AvgIpc) is 3.37. The van der Waals surface area contributed by atoms with E-state index < -0.39 is 5.97 Å². The quantitative estimate of drug-likeness (QED) is 0.0637. The predicted octanol–water partition coefficient (Wildman–Crippen LogP) is 7.77. The number of benzene rings is 4. The summed E-state index contributed by atoms with van der Waals surface area (Å²) in [4.78, 5) is 24.3. The molecule has 0 bridgehead atoms. The van der Waals surface area contributed by atoms with E-state index in [1.807, 2.05) is 54.6 Å². The van der Waals surface area contributed by atoms with Gasteiger partial charge >= 0.3 is 5.97 Å². The molecule has 2 aliphatic heterocycles. The first-order valence-corrected chi connectivity index (χ1v) is 16.2. The standard InChI is InChI=1S/C39H40O8/c1-4-32-35-17-30(46-37(40)27-7-11-29(12-8-27)44-25-39(3)22-42-23-39)13-15-33(35)34-16-14-31(18-36(32)34)47-45-19-26-5-9-28(10-6-26)43-24-38(2)20-41-21-38/h5-18,32H,4,19-25H2,1-3H3. The monoisotopic (exact) mass is 636 g/mol. The number of fused-ring (bicyclic) bond motifs is 3. The van der Waals surface area contributed by atoms with Gasteiger partial charge in [0.15, 0.2) is 5.75 Å². The molecule has 0 spiro atoms. The normalized spacial score (nSPS) is 18.2. The molecular formula is C39H40O8. The van der Waals surface area contributed by atoms with E-state index in [1.165, 1.54) is 0 Å². The summed E-state index contributed by atoms with van der Waals surface area (Å²) in [5.74, 6) is 2.43. The molecule has 0 amide bonds. The zero-order chi connectivity index (χ0) is 32.4. The van der Waals surface area contributed by atoms with Crippen LogP contribution < -0.4 is 19.1 Å². The van der Waals surface area contributed by atoms with Crippen molar-refractivity contribution < 1.29 is 38.3 Å². The molecule has 8 heteroatoms. The molecule has 47 heavy (non-hydrogen) atoms. The van der Waals surface area contributed by atoms with E-state index in [-0.39, 0.29) is 16.7 Å². The molecular weight excluding hydrogens is 596 g/mol. The van der Waals surface area contributed by atoms with E-state index in [0.717, 1.165) is 53.2 Å². The van der Waals surface area contributed by atoms with Crippen molar-refractivity contribution in [1.29, 1.82) is 0 Å². The van der Waals surface area contributed by atoms with Gasteiger partial charge in [0.2, 0.25) is 0 Å². The molecule has 1 unspecified atom stereocenters. The van der Waals surface area contributed by atoms with Crippen LogP contribution in [0.2, 0.25) is 0 Å². The van der Waals surface area contributed by atoms with Gasteiger partial charge in [-0.15, -0.1) is 0 Å². The molecule has 7 rings (SSSR count). The van der Waals surface area contributed by atoms with Crippen LogP contribution in [0, 0.1) is 10.8 Å². The van der Waals surface area contributed by atoms with Gasteiger partial charge in [0.25, 0.3) is 0 Å². The van der Waals surface area contributed by atoms with Gasteiger partial charge in [-0.1, -0.05) is 45.0 Å². The maximum Gasteiger partial charge on any atom is 0.343 e. The van der Waals surface area contributed by atoms with E-state index in [9.17, 15) is 4.79 Å². The topological polar surface area (TPSA) is 81.7 Å². The highest BCUT2D eigenvalue weighted by Crippen LogP contribution is 2.48. The number of hydrogen-bond acceptors (Lipinski definition) is 8. The molecule has 0 N–H and O–H groups in total. The lowest BCUT2D eigenvalue weighted by atomic mass is 9.90. The third-order valence-electron chi connectivity index (χ3n) is 9.08. The van der Waals surface area contributed by atoms with Crippen molar-refractivity contribution in [2.45, 2.75) is 39.7 Å². The number of carbonyl (C=O) groups is 1. The molecule has 2 heterocycles. The van der Waals surface area contributed by atoms with Gasteiger partial charge in [0.1, 0.15) is 23.9 Å². The highest BCUT2D eigenvalue weighted by molar-refractivity contribution is 5.91. The Bertz CT molecular complexity index is 1720. The second kappa shape index (κ2) is 13.0. The van der Waals surface area contributed by atoms with Crippen molar-refractivity contribution in [3.63, 3.8) is 0 Å². The van der Waals surface area contributed by atoms with Crippen LogP contribution >= 0.6 is 0 Å². The zero-order valence-corrected chi connectivity index (χ0v) is 27.1. The van der Waals surface area contributed by atoms with Crippen molar-refractivity contribution in [2.24, 2.45) is 10.8 Å². The Morgan fingerprint density at radius 2 is 1.21 bits per heavy atom. The largest absolute Gasteiger partial charge is 0.493 e. The van der Waals surface area contributed by atoms with E-state index in [2.05, 4.69) is 26.8 Å². The van der Waals surface area contributed by atoms with Gasteiger partial charge in [0, 0.05) is 16.7 Å². The van der Waals surface area contributed by atoms with Crippen LogP contribution in [0.4, 0.5) is 0 Å². The molecule has 1 aliphatic carbocycles. The number of rotatable bonds is 13. The third-order valence-corrected chi connectivity index (χ3v) is 9.08. The second-order valence-electron chi connectivity index (χ2n) is 13.5. The van der Waals surface area contributed by atoms with E-state index in [1.54, 1.807) is 24.3 Å². The van der Waals surface area contributed by atoms with Crippen LogP contribution in [0.5, 0.6) is 23.0 Å². The highest BCUT2D eigenvalue weighted by Gasteiger charge is 2.35. The van der Waals surface area contributed by atoms with E-state index >= 15 is 0 Å². The maximum absolute atomic E-state index is 13.0. The van der Waals surface area contributed by atoms with Crippen molar-refractivity contribution >= 4 is 5.97 Å².